The molecule has 0 aromatic rings. The average molecular weight is 301 g/mol. The van der Waals surface area contributed by atoms with E-state index in [1.54, 1.807) is 0 Å². The molecule has 0 saturated carbocycles. The van der Waals surface area contributed by atoms with Crippen LogP contribution in [0.4, 0.5) is 0 Å². The maximum absolute atomic E-state index is 4.42. The summed E-state index contributed by atoms with van der Waals surface area (Å²) in [6.45, 7) is 12.8. The van der Waals surface area contributed by atoms with Crippen LogP contribution in [0.1, 0.15) is 41.5 Å². The number of nitrogens with zero attached hydrogens (tertiary/aromatic N) is 3. The summed E-state index contributed by atoms with van der Waals surface area (Å²) in [5, 5.41) is 8.77. The molecule has 0 spiro atoms. The average Bonchev–Trinajstić information content (AvgIpc) is 1.79. The van der Waals surface area contributed by atoms with Crippen LogP contribution in [0.25, 0.3) is 0 Å². The van der Waals surface area contributed by atoms with Crippen LogP contribution in [0.2, 0.25) is 9.36 Å². The summed E-state index contributed by atoms with van der Waals surface area (Å²) >= 11 is -1.59. The van der Waals surface area contributed by atoms with Gasteiger partial charge in [-0.1, -0.05) is 0 Å². The molecule has 0 bridgehead atoms. The summed E-state index contributed by atoms with van der Waals surface area (Å²) in [5.74, 6) is 0. The second-order valence-electron chi connectivity index (χ2n) is 5.97. The molecular weight excluding hydrogens is 277 g/mol. The van der Waals surface area contributed by atoms with Crippen LogP contribution < -0.4 is 0 Å². The molecule has 0 unspecified atom stereocenters. The first-order valence-corrected chi connectivity index (χ1v) is 13.3. The van der Waals surface area contributed by atoms with Crippen LogP contribution >= 0.6 is 0 Å². The molecule has 0 aromatic heterocycles. The molecule has 0 atom stereocenters. The van der Waals surface area contributed by atoms with Crippen molar-refractivity contribution in [3.63, 3.8) is 0 Å². The second kappa shape index (κ2) is 4.86. The zero-order valence-electron chi connectivity index (χ0n) is 10.9. The molecule has 14 heavy (non-hydrogen) atoms. The Balaban J connectivity index is 4.64. The summed E-state index contributed by atoms with van der Waals surface area (Å²) in [6, 6.07) is 0. The zero-order valence-corrected chi connectivity index (χ0v) is 14.2. The molecule has 0 radical (unpaired) electrons. The van der Waals surface area contributed by atoms with Crippen LogP contribution in [-0.2, 0) is 0 Å². The van der Waals surface area contributed by atoms with Gasteiger partial charge in [-0.2, -0.15) is 0 Å². The van der Waals surface area contributed by atoms with Crippen molar-refractivity contribution in [3.8, 4) is 0 Å². The molecule has 0 heterocycles. The Morgan fingerprint density at radius 1 is 0.929 bits per heavy atom. The fourth-order valence-corrected chi connectivity index (χ4v) is 6.35. The van der Waals surface area contributed by atoms with Crippen LogP contribution in [0.3, 0.4) is 0 Å². The summed E-state index contributed by atoms with van der Waals surface area (Å²) < 4.78 is 6.93. The van der Waals surface area contributed by atoms with Gasteiger partial charge in [-0.3, -0.25) is 0 Å². The topological polar surface area (TPSA) is 28.0 Å². The molecule has 0 fully saturated rings. The third kappa shape index (κ3) is 5.89. The van der Waals surface area contributed by atoms with Gasteiger partial charge < -0.3 is 0 Å². The van der Waals surface area contributed by atoms with Crippen LogP contribution in [-0.4, -0.2) is 35.8 Å². The van der Waals surface area contributed by atoms with Gasteiger partial charge in [0.1, 0.15) is 0 Å². The van der Waals surface area contributed by atoms with Crippen LogP contribution in [0.5, 0.6) is 0 Å². The van der Waals surface area contributed by atoms with E-state index in [4.69, 9.17) is 0 Å². The monoisotopic (exact) mass is 301 g/mol. The van der Waals surface area contributed by atoms with Gasteiger partial charge in [0.2, 0.25) is 0 Å². The quantitative estimate of drug-likeness (QED) is 0.566. The molecule has 82 valence electrons. The van der Waals surface area contributed by atoms with Gasteiger partial charge >= 0.3 is 97.0 Å². The number of hydrogen-bond acceptors (Lipinski definition) is 2. The van der Waals surface area contributed by atoms with Crippen LogP contribution in [0.15, 0.2) is 10.3 Å². The molecule has 0 N–H and O–H groups in total. The van der Waals surface area contributed by atoms with E-state index < -0.39 is 21.7 Å². The maximum atomic E-state index is 4.42. The van der Waals surface area contributed by atoms with Gasteiger partial charge in [-0.15, -0.1) is 0 Å². The fraction of sp³-hybridized carbons (Fsp3) is 1.00. The van der Waals surface area contributed by atoms with Crippen molar-refractivity contribution < 1.29 is 0 Å². The fourth-order valence-electron chi connectivity index (χ4n) is 1.19. The molecule has 0 saturated heterocycles. The van der Waals surface area contributed by atoms with E-state index in [1.807, 2.05) is 0 Å². The van der Waals surface area contributed by atoms with Gasteiger partial charge in [0.25, 0.3) is 0 Å². The van der Waals surface area contributed by atoms with Gasteiger partial charge in [0.15, 0.2) is 0 Å². The molecule has 0 aliphatic heterocycles. The zero-order chi connectivity index (χ0) is 11.6. The van der Waals surface area contributed by atoms with Crippen molar-refractivity contribution in [2.24, 2.45) is 10.3 Å². The third-order valence-corrected chi connectivity index (χ3v) is 6.92. The Morgan fingerprint density at radius 3 is 1.57 bits per heavy atom. The van der Waals surface area contributed by atoms with E-state index in [0.29, 0.717) is 0 Å². The van der Waals surface area contributed by atoms with Crippen molar-refractivity contribution in [2.45, 2.75) is 62.0 Å². The van der Waals surface area contributed by atoms with Gasteiger partial charge in [-0.05, 0) is 0 Å². The Kier molecular flexibility index (Phi) is 4.96. The summed E-state index contributed by atoms with van der Waals surface area (Å²) in [7, 11) is 0. The molecule has 4 heteroatoms. The SMILES string of the molecule is [CH3][In]([CH3])[N](N=NC(C)(C)C)C(C)(C)C. The van der Waals surface area contributed by atoms with Crippen molar-refractivity contribution in [1.29, 1.82) is 0 Å². The Bertz CT molecular complexity index is 198. The van der Waals surface area contributed by atoms with Crippen LogP contribution in [0, 0.1) is 0 Å². The van der Waals surface area contributed by atoms with Crippen molar-refractivity contribution in [2.75, 3.05) is 0 Å². The van der Waals surface area contributed by atoms with Gasteiger partial charge in [-0.25, -0.2) is 0 Å². The Hall–Kier alpha value is 0.270. The molecule has 0 rings (SSSR count). The molecule has 0 aromatic carbocycles. The predicted molar refractivity (Wildman–Crippen MR) is 63.7 cm³/mol. The summed E-state index contributed by atoms with van der Waals surface area (Å²) in [4.78, 5) is 0. The van der Waals surface area contributed by atoms with Crippen molar-refractivity contribution >= 4 is 21.7 Å². The Morgan fingerprint density at radius 2 is 1.36 bits per heavy atom. The molecule has 0 aliphatic carbocycles. The first-order valence-electron chi connectivity index (χ1n) is 5.26. The van der Waals surface area contributed by atoms with E-state index >= 15 is 0 Å². The van der Waals surface area contributed by atoms with E-state index in [0.717, 1.165) is 0 Å². The van der Waals surface area contributed by atoms with E-state index in [1.165, 1.54) is 0 Å². The van der Waals surface area contributed by atoms with Crippen molar-refractivity contribution in [3.05, 3.63) is 0 Å². The number of hydrogen-bond donors (Lipinski definition) is 0. The summed E-state index contributed by atoms with van der Waals surface area (Å²) in [6.07, 6.45) is 0. The minimum atomic E-state index is -1.59. The molecule has 3 nitrogen and oxygen atoms in total. The van der Waals surface area contributed by atoms with E-state index in [2.05, 4.69) is 64.2 Å². The Labute approximate surface area is 96.9 Å². The second-order valence-corrected chi connectivity index (χ2v) is 13.6. The first-order chi connectivity index (χ1) is 6.04. The van der Waals surface area contributed by atoms with Gasteiger partial charge in [0, 0.05) is 0 Å². The van der Waals surface area contributed by atoms with Crippen molar-refractivity contribution in [1.82, 2.24) is 3.00 Å². The normalized spacial score (nSPS) is 13.4. The molecular formula is C10H24InN3. The standard InChI is InChI=1S/C8H18N3.2CH3.In/c1-7(2,3)9-11-10-8(4,5)6;;;/h1-6H3;2*1H3;/q-1;;;+1. The molecule has 0 aliphatic rings. The minimum absolute atomic E-state index is 0.0652. The first kappa shape index (κ1) is 14.3. The van der Waals surface area contributed by atoms with Gasteiger partial charge in [0.05, 0.1) is 0 Å². The number of rotatable bonds is 2. The van der Waals surface area contributed by atoms with E-state index in [9.17, 15) is 0 Å². The predicted octanol–water partition coefficient (Wildman–Crippen LogP) is 3.50. The molecule has 0 amide bonds. The summed E-state index contributed by atoms with van der Waals surface area (Å²) in [5.41, 5.74) is 0.0588. The third-order valence-electron chi connectivity index (χ3n) is 1.62. The van der Waals surface area contributed by atoms with E-state index in [-0.39, 0.29) is 11.1 Å².